The van der Waals surface area contributed by atoms with Gasteiger partial charge in [-0.25, -0.2) is 4.21 Å². The standard InChI is InChI=1S/C11H9F3IN3OS/c12-11(13,14)9-2-1-8(5-17-9)10(3-4-10)20(19,6-15)18-7-16/h1-2,5H,3-4,6H2. The minimum atomic E-state index is -4.50. The van der Waals surface area contributed by atoms with Gasteiger partial charge in [-0.1, -0.05) is 28.7 Å². The average molecular weight is 415 g/mol. The summed E-state index contributed by atoms with van der Waals surface area (Å²) in [5.41, 5.74) is -0.540. The Morgan fingerprint density at radius 2 is 2.15 bits per heavy atom. The number of pyridine rings is 1. The maximum Gasteiger partial charge on any atom is 0.433 e. The lowest BCUT2D eigenvalue weighted by Crippen LogP contribution is -2.22. The Balaban J connectivity index is 2.45. The van der Waals surface area contributed by atoms with E-state index in [0.29, 0.717) is 18.4 Å². The third-order valence-corrected chi connectivity index (χ3v) is 8.30. The molecule has 1 aromatic heterocycles. The third-order valence-electron chi connectivity index (χ3n) is 3.23. The molecule has 1 aromatic rings. The van der Waals surface area contributed by atoms with Crippen LogP contribution in [-0.4, -0.2) is 13.0 Å². The Morgan fingerprint density at radius 1 is 1.50 bits per heavy atom. The minimum Gasteiger partial charge on any atom is -0.251 e. The topological polar surface area (TPSA) is 66.1 Å². The summed E-state index contributed by atoms with van der Waals surface area (Å²) in [5, 5.41) is 8.66. The summed E-state index contributed by atoms with van der Waals surface area (Å²) in [6.07, 6.45) is -0.786. The SMILES string of the molecule is N#CN=S(=O)(CI)C1(c2ccc(C(F)(F)F)nc2)CC1. The van der Waals surface area contributed by atoms with Crippen molar-refractivity contribution in [1.29, 1.82) is 5.26 Å². The van der Waals surface area contributed by atoms with E-state index in [1.54, 1.807) is 6.19 Å². The van der Waals surface area contributed by atoms with E-state index in [0.717, 1.165) is 12.3 Å². The molecule has 0 N–H and O–H groups in total. The Labute approximate surface area is 127 Å². The van der Waals surface area contributed by atoms with Crippen LogP contribution in [0.2, 0.25) is 0 Å². The van der Waals surface area contributed by atoms with Gasteiger partial charge < -0.3 is 0 Å². The minimum absolute atomic E-state index is 0.152. The van der Waals surface area contributed by atoms with E-state index >= 15 is 0 Å². The van der Waals surface area contributed by atoms with Crippen molar-refractivity contribution in [3.05, 3.63) is 29.6 Å². The average Bonchev–Trinajstić information content (AvgIpc) is 3.20. The van der Waals surface area contributed by atoms with Gasteiger partial charge in [-0.2, -0.15) is 18.4 Å². The van der Waals surface area contributed by atoms with Crippen LogP contribution in [0.4, 0.5) is 13.2 Å². The number of nitrogens with zero attached hydrogens (tertiary/aromatic N) is 3. The molecule has 20 heavy (non-hydrogen) atoms. The summed E-state index contributed by atoms with van der Waals surface area (Å²) in [5.74, 6) is 0. The number of hydrogen-bond acceptors (Lipinski definition) is 4. The van der Waals surface area contributed by atoms with Crippen molar-refractivity contribution in [3.63, 3.8) is 0 Å². The molecule has 0 aliphatic heterocycles. The molecule has 2 rings (SSSR count). The highest BCUT2D eigenvalue weighted by Crippen LogP contribution is 2.54. The van der Waals surface area contributed by atoms with Gasteiger partial charge in [-0.15, -0.1) is 4.36 Å². The predicted molar refractivity (Wildman–Crippen MR) is 75.2 cm³/mol. The van der Waals surface area contributed by atoms with Crippen molar-refractivity contribution in [3.8, 4) is 6.19 Å². The van der Waals surface area contributed by atoms with Gasteiger partial charge in [0.25, 0.3) is 0 Å². The highest BCUT2D eigenvalue weighted by atomic mass is 127. The summed E-state index contributed by atoms with van der Waals surface area (Å²) in [6, 6.07) is 2.15. The molecule has 108 valence electrons. The van der Waals surface area contributed by atoms with Crippen LogP contribution in [0.15, 0.2) is 22.7 Å². The predicted octanol–water partition coefficient (Wildman–Crippen LogP) is 3.43. The largest absolute Gasteiger partial charge is 0.433 e. The van der Waals surface area contributed by atoms with Crippen LogP contribution in [0.25, 0.3) is 0 Å². The summed E-state index contributed by atoms with van der Waals surface area (Å²) < 4.78 is 52.9. The van der Waals surface area contributed by atoms with Gasteiger partial charge in [0.15, 0.2) is 0 Å². The molecular formula is C11H9F3IN3OS. The first-order chi connectivity index (χ1) is 9.29. The van der Waals surface area contributed by atoms with E-state index in [1.807, 2.05) is 22.6 Å². The molecule has 1 atom stereocenters. The molecule has 0 aromatic carbocycles. The van der Waals surface area contributed by atoms with Gasteiger partial charge in [0.1, 0.15) is 5.69 Å². The molecule has 0 bridgehead atoms. The highest BCUT2D eigenvalue weighted by molar-refractivity contribution is 14.1. The fourth-order valence-electron chi connectivity index (χ4n) is 2.02. The summed E-state index contributed by atoms with van der Waals surface area (Å²) >= 11 is 1.88. The molecule has 0 amide bonds. The van der Waals surface area contributed by atoms with Crippen LogP contribution in [0.5, 0.6) is 0 Å². The van der Waals surface area contributed by atoms with E-state index < -0.39 is 26.3 Å². The lowest BCUT2D eigenvalue weighted by Gasteiger charge is -2.18. The molecule has 1 aliphatic rings. The van der Waals surface area contributed by atoms with E-state index in [2.05, 4.69) is 9.35 Å². The number of halogens is 4. The number of rotatable bonds is 3. The number of nitriles is 1. The van der Waals surface area contributed by atoms with Crippen LogP contribution in [0.1, 0.15) is 24.1 Å². The fraction of sp³-hybridized carbons (Fsp3) is 0.455. The first-order valence-corrected chi connectivity index (χ1v) is 8.72. The van der Waals surface area contributed by atoms with Gasteiger partial charge in [0.2, 0.25) is 6.19 Å². The van der Waals surface area contributed by atoms with Crippen LogP contribution in [-0.2, 0) is 20.7 Å². The lowest BCUT2D eigenvalue weighted by molar-refractivity contribution is -0.141. The van der Waals surface area contributed by atoms with Crippen molar-refractivity contribution in [2.45, 2.75) is 23.8 Å². The first-order valence-electron chi connectivity index (χ1n) is 5.51. The van der Waals surface area contributed by atoms with Crippen LogP contribution in [0, 0.1) is 11.5 Å². The van der Waals surface area contributed by atoms with Crippen molar-refractivity contribution in [2.24, 2.45) is 4.36 Å². The molecule has 1 unspecified atom stereocenters. The second kappa shape index (κ2) is 5.14. The molecule has 4 nitrogen and oxygen atoms in total. The molecule has 0 saturated heterocycles. The molecule has 0 spiro atoms. The normalized spacial score (nSPS) is 19.8. The Bertz CT molecular complexity index is 668. The van der Waals surface area contributed by atoms with Gasteiger partial charge >= 0.3 is 6.18 Å². The van der Waals surface area contributed by atoms with Gasteiger partial charge in [-0.3, -0.25) is 4.98 Å². The molecule has 1 saturated carbocycles. The molecule has 0 radical (unpaired) electrons. The van der Waals surface area contributed by atoms with E-state index in [1.165, 1.54) is 6.07 Å². The summed E-state index contributed by atoms with van der Waals surface area (Å²) in [6.45, 7) is 0. The number of aromatic nitrogens is 1. The lowest BCUT2D eigenvalue weighted by atomic mass is 10.1. The Morgan fingerprint density at radius 3 is 2.50 bits per heavy atom. The third kappa shape index (κ3) is 2.50. The molecule has 9 heteroatoms. The van der Waals surface area contributed by atoms with Crippen molar-refractivity contribution in [1.82, 2.24) is 4.98 Å². The zero-order valence-corrected chi connectivity index (χ0v) is 13.0. The zero-order valence-electron chi connectivity index (χ0n) is 10.0. The molecular weight excluding hydrogens is 406 g/mol. The van der Waals surface area contributed by atoms with Gasteiger partial charge in [0.05, 0.1) is 18.2 Å². The maximum atomic E-state index is 12.7. The molecule has 1 aliphatic carbocycles. The zero-order chi connectivity index (χ0) is 15.0. The Kier molecular flexibility index (Phi) is 3.98. The van der Waals surface area contributed by atoms with Crippen LogP contribution in [0.3, 0.4) is 0 Å². The summed E-state index contributed by atoms with van der Waals surface area (Å²) in [4.78, 5) is 3.39. The van der Waals surface area contributed by atoms with E-state index in [4.69, 9.17) is 5.26 Å². The van der Waals surface area contributed by atoms with Gasteiger partial charge in [0, 0.05) is 6.20 Å². The highest BCUT2D eigenvalue weighted by Gasteiger charge is 2.54. The first kappa shape index (κ1) is 15.5. The van der Waals surface area contributed by atoms with Gasteiger partial charge in [-0.05, 0) is 24.5 Å². The van der Waals surface area contributed by atoms with Crippen LogP contribution >= 0.6 is 22.6 Å². The van der Waals surface area contributed by atoms with E-state index in [-0.39, 0.29) is 3.76 Å². The van der Waals surface area contributed by atoms with Crippen molar-refractivity contribution >= 4 is 32.3 Å². The smallest absolute Gasteiger partial charge is 0.251 e. The fourth-order valence-corrected chi connectivity index (χ4v) is 6.02. The van der Waals surface area contributed by atoms with Crippen LogP contribution < -0.4 is 0 Å². The maximum absolute atomic E-state index is 12.7. The second-order valence-electron chi connectivity index (χ2n) is 4.37. The number of hydrogen-bond donors (Lipinski definition) is 0. The van der Waals surface area contributed by atoms with E-state index in [9.17, 15) is 17.4 Å². The number of alkyl halides is 4. The monoisotopic (exact) mass is 415 g/mol. The Hall–Kier alpha value is -0.890. The summed E-state index contributed by atoms with van der Waals surface area (Å²) in [7, 11) is -2.82. The quantitative estimate of drug-likeness (QED) is 0.432. The molecule has 1 heterocycles. The molecule has 1 fully saturated rings. The second-order valence-corrected chi connectivity index (χ2v) is 8.70. The van der Waals surface area contributed by atoms with Crippen molar-refractivity contribution in [2.75, 3.05) is 3.76 Å². The van der Waals surface area contributed by atoms with Crippen molar-refractivity contribution < 1.29 is 17.4 Å².